The third-order valence-corrected chi connectivity index (χ3v) is 1.91. The maximum atomic E-state index is 10.6. The zero-order valence-corrected chi connectivity index (χ0v) is 8.77. The van der Waals surface area contributed by atoms with Crippen molar-refractivity contribution >= 4 is 5.97 Å². The van der Waals surface area contributed by atoms with Gasteiger partial charge in [0.2, 0.25) is 0 Å². The Bertz CT molecular complexity index is 200. The molecule has 0 saturated carbocycles. The van der Waals surface area contributed by atoms with E-state index in [1.54, 1.807) is 0 Å². The molecule has 1 aliphatic heterocycles. The van der Waals surface area contributed by atoms with Gasteiger partial charge < -0.3 is 10.4 Å². The lowest BCUT2D eigenvalue weighted by molar-refractivity contribution is -0.192. The van der Waals surface area contributed by atoms with E-state index < -0.39 is 12.1 Å². The first kappa shape index (κ1) is 14.2. The van der Waals surface area contributed by atoms with E-state index in [0.29, 0.717) is 0 Å². The number of aliphatic carboxylic acids is 1. The number of carboxylic acid groups (broad SMARTS) is 1. The van der Waals surface area contributed by atoms with Crippen molar-refractivity contribution in [1.29, 1.82) is 0 Å². The molecular formula is C9H16F3NO2. The predicted molar refractivity (Wildman–Crippen MR) is 49.5 cm³/mol. The largest absolute Gasteiger partial charge is 0.490 e. The van der Waals surface area contributed by atoms with E-state index in [0.717, 1.165) is 11.8 Å². The Morgan fingerprint density at radius 1 is 1.47 bits per heavy atom. The highest BCUT2D eigenvalue weighted by Crippen LogP contribution is 2.14. The third kappa shape index (κ3) is 7.18. The average Bonchev–Trinajstić information content (AvgIpc) is 1.96. The van der Waals surface area contributed by atoms with Gasteiger partial charge in [-0.2, -0.15) is 13.2 Å². The lowest BCUT2D eigenvalue weighted by Gasteiger charge is -2.28. The summed E-state index contributed by atoms with van der Waals surface area (Å²) in [5.41, 5.74) is 0. The fraction of sp³-hybridized carbons (Fsp3) is 0.889. The summed E-state index contributed by atoms with van der Waals surface area (Å²) in [6.07, 6.45) is -3.67. The Morgan fingerprint density at radius 3 is 1.93 bits per heavy atom. The van der Waals surface area contributed by atoms with Crippen molar-refractivity contribution in [2.75, 3.05) is 13.1 Å². The molecule has 0 atom stereocenters. The second kappa shape index (κ2) is 5.95. The Kier molecular flexibility index (Phi) is 5.64. The SMILES string of the molecule is CC(C)CC1CNC1.O=C(O)C(F)(F)F. The molecule has 15 heavy (non-hydrogen) atoms. The first-order valence-electron chi connectivity index (χ1n) is 4.74. The molecule has 3 nitrogen and oxygen atoms in total. The second-order valence-electron chi connectivity index (χ2n) is 3.96. The fourth-order valence-electron chi connectivity index (χ4n) is 1.18. The average molecular weight is 227 g/mol. The topological polar surface area (TPSA) is 49.3 Å². The number of alkyl halides is 3. The van der Waals surface area contributed by atoms with Crippen molar-refractivity contribution in [2.24, 2.45) is 11.8 Å². The van der Waals surface area contributed by atoms with E-state index >= 15 is 0 Å². The summed E-state index contributed by atoms with van der Waals surface area (Å²) in [7, 11) is 0. The molecule has 6 heteroatoms. The molecule has 2 N–H and O–H groups in total. The van der Waals surface area contributed by atoms with Gasteiger partial charge in [0.05, 0.1) is 0 Å². The zero-order valence-electron chi connectivity index (χ0n) is 8.77. The van der Waals surface area contributed by atoms with Gasteiger partial charge in [-0.3, -0.25) is 0 Å². The number of hydrogen-bond acceptors (Lipinski definition) is 2. The highest BCUT2D eigenvalue weighted by Gasteiger charge is 2.38. The van der Waals surface area contributed by atoms with Crippen LogP contribution in [0.5, 0.6) is 0 Å². The molecular weight excluding hydrogens is 211 g/mol. The molecule has 0 bridgehead atoms. The third-order valence-electron chi connectivity index (χ3n) is 1.91. The van der Waals surface area contributed by atoms with Crippen molar-refractivity contribution < 1.29 is 23.1 Å². The maximum absolute atomic E-state index is 10.6. The Morgan fingerprint density at radius 2 is 1.87 bits per heavy atom. The van der Waals surface area contributed by atoms with Crippen LogP contribution in [0.3, 0.4) is 0 Å². The standard InChI is InChI=1S/C7H15N.C2HF3O2/c1-6(2)3-7-4-8-5-7;3-2(4,5)1(6)7/h6-8H,3-5H2,1-2H3;(H,6,7). The van der Waals surface area contributed by atoms with Crippen molar-refractivity contribution in [1.82, 2.24) is 5.32 Å². The van der Waals surface area contributed by atoms with Crippen LogP contribution in [-0.4, -0.2) is 30.3 Å². The van der Waals surface area contributed by atoms with Gasteiger partial charge in [-0.25, -0.2) is 4.79 Å². The van der Waals surface area contributed by atoms with Crippen molar-refractivity contribution in [2.45, 2.75) is 26.4 Å². The van der Waals surface area contributed by atoms with Crippen LogP contribution < -0.4 is 5.32 Å². The van der Waals surface area contributed by atoms with Crippen LogP contribution >= 0.6 is 0 Å². The van der Waals surface area contributed by atoms with Gasteiger partial charge in [-0.15, -0.1) is 0 Å². The minimum absolute atomic E-state index is 0.891. The Balaban J connectivity index is 0.000000265. The van der Waals surface area contributed by atoms with Gasteiger partial charge >= 0.3 is 12.1 Å². The number of carbonyl (C=O) groups is 1. The summed E-state index contributed by atoms with van der Waals surface area (Å²) in [5, 5.41) is 10.4. The first-order chi connectivity index (χ1) is 6.73. The normalized spacial score (nSPS) is 16.7. The number of halogens is 3. The minimum atomic E-state index is -5.08. The number of rotatable bonds is 2. The van der Waals surface area contributed by atoms with Gasteiger partial charge in [0.25, 0.3) is 0 Å². The van der Waals surface area contributed by atoms with Crippen molar-refractivity contribution in [3.63, 3.8) is 0 Å². The molecule has 1 rings (SSSR count). The second-order valence-corrected chi connectivity index (χ2v) is 3.96. The lowest BCUT2D eigenvalue weighted by atomic mass is 9.93. The smallest absolute Gasteiger partial charge is 0.475 e. The van der Waals surface area contributed by atoms with Gasteiger partial charge in [-0.05, 0) is 31.3 Å². The molecule has 1 heterocycles. The molecule has 1 fully saturated rings. The van der Waals surface area contributed by atoms with Crippen LogP contribution in [0.15, 0.2) is 0 Å². The molecule has 1 aliphatic rings. The van der Waals surface area contributed by atoms with Gasteiger partial charge in [0, 0.05) is 0 Å². The quantitative estimate of drug-likeness (QED) is 0.757. The molecule has 0 aliphatic carbocycles. The molecule has 1 saturated heterocycles. The summed E-state index contributed by atoms with van der Waals surface area (Å²) in [6, 6.07) is 0. The highest BCUT2D eigenvalue weighted by molar-refractivity contribution is 5.73. The van der Waals surface area contributed by atoms with E-state index in [2.05, 4.69) is 19.2 Å². The molecule has 0 unspecified atom stereocenters. The van der Waals surface area contributed by atoms with Crippen LogP contribution in [0, 0.1) is 11.8 Å². The Labute approximate surface area is 86.7 Å². The summed E-state index contributed by atoms with van der Waals surface area (Å²) in [4.78, 5) is 8.90. The first-order valence-corrected chi connectivity index (χ1v) is 4.74. The van der Waals surface area contributed by atoms with Crippen LogP contribution in [0.25, 0.3) is 0 Å². The highest BCUT2D eigenvalue weighted by atomic mass is 19.4. The Hall–Kier alpha value is -0.780. The van der Waals surface area contributed by atoms with Crippen LogP contribution in [0.4, 0.5) is 13.2 Å². The van der Waals surface area contributed by atoms with Gasteiger partial charge in [-0.1, -0.05) is 13.8 Å². The maximum Gasteiger partial charge on any atom is 0.490 e. The summed E-state index contributed by atoms with van der Waals surface area (Å²) >= 11 is 0. The van der Waals surface area contributed by atoms with Crippen LogP contribution in [0.1, 0.15) is 20.3 Å². The van der Waals surface area contributed by atoms with E-state index in [-0.39, 0.29) is 0 Å². The zero-order chi connectivity index (χ0) is 12.1. The minimum Gasteiger partial charge on any atom is -0.475 e. The van der Waals surface area contributed by atoms with Crippen molar-refractivity contribution in [3.8, 4) is 0 Å². The molecule has 0 aromatic carbocycles. The van der Waals surface area contributed by atoms with Crippen LogP contribution in [-0.2, 0) is 4.79 Å². The molecule has 0 aromatic heterocycles. The monoisotopic (exact) mass is 227 g/mol. The van der Waals surface area contributed by atoms with Crippen LogP contribution in [0.2, 0.25) is 0 Å². The molecule has 0 amide bonds. The molecule has 0 spiro atoms. The molecule has 0 radical (unpaired) electrons. The summed E-state index contributed by atoms with van der Waals surface area (Å²) < 4.78 is 31.7. The fourth-order valence-corrected chi connectivity index (χ4v) is 1.18. The van der Waals surface area contributed by atoms with E-state index in [9.17, 15) is 13.2 Å². The molecule has 0 aromatic rings. The van der Waals surface area contributed by atoms with E-state index in [1.165, 1.54) is 19.5 Å². The van der Waals surface area contributed by atoms with Gasteiger partial charge in [0.15, 0.2) is 0 Å². The molecule has 90 valence electrons. The lowest BCUT2D eigenvalue weighted by Crippen LogP contribution is -2.42. The summed E-state index contributed by atoms with van der Waals surface area (Å²) in [6.45, 7) is 7.10. The summed E-state index contributed by atoms with van der Waals surface area (Å²) in [5.74, 6) is -0.871. The van der Waals surface area contributed by atoms with Crippen molar-refractivity contribution in [3.05, 3.63) is 0 Å². The van der Waals surface area contributed by atoms with E-state index in [1.807, 2.05) is 0 Å². The number of hydrogen-bond donors (Lipinski definition) is 2. The number of carboxylic acids is 1. The number of nitrogens with one attached hydrogen (secondary N) is 1. The van der Waals surface area contributed by atoms with Gasteiger partial charge in [0.1, 0.15) is 0 Å². The predicted octanol–water partition coefficient (Wildman–Crippen LogP) is 1.89. The van der Waals surface area contributed by atoms with E-state index in [4.69, 9.17) is 9.90 Å².